The first-order valence-electron chi connectivity index (χ1n) is 3.22. The molecule has 0 bridgehead atoms. The van der Waals surface area contributed by atoms with Gasteiger partial charge in [0.25, 0.3) is 0 Å². The third-order valence-electron chi connectivity index (χ3n) is 1.12. The molecule has 1 rings (SSSR count). The second-order valence-electron chi connectivity index (χ2n) is 1.89. The summed E-state index contributed by atoms with van der Waals surface area (Å²) in [6.45, 7) is 0. The van der Waals surface area contributed by atoms with Crippen LogP contribution in [0.4, 0.5) is 0 Å². The normalized spacial score (nSPS) is 10.3. The first kappa shape index (κ1) is 7.75. The largest absolute Gasteiger partial charge is 0.221 e. The Kier molecular flexibility index (Phi) is 3.15. The molecule has 0 heterocycles. The predicted octanol–water partition coefficient (Wildman–Crippen LogP) is 1.60. The maximum absolute atomic E-state index is 4.31. The molecule has 0 saturated heterocycles. The van der Waals surface area contributed by atoms with Crippen molar-refractivity contribution in [2.75, 3.05) is 7.11 Å². The van der Waals surface area contributed by atoms with Crippen molar-refractivity contribution < 1.29 is 9.88 Å². The lowest BCUT2D eigenvalue weighted by Crippen LogP contribution is -1.82. The lowest BCUT2D eigenvalue weighted by atomic mass is 10.2. The average molecular weight is 151 g/mol. The molecule has 0 N–H and O–H groups in total. The van der Waals surface area contributed by atoms with Crippen LogP contribution in [0, 0.1) is 0 Å². The molecule has 0 radical (unpaired) electrons. The molecule has 1 aromatic rings. The third-order valence-corrected chi connectivity index (χ3v) is 1.12. The summed E-state index contributed by atoms with van der Waals surface area (Å²) in [7, 11) is 1.41. The molecule has 0 aliphatic rings. The van der Waals surface area contributed by atoms with Gasteiger partial charge in [-0.05, 0) is 5.56 Å². The van der Waals surface area contributed by atoms with E-state index in [0.717, 1.165) is 5.56 Å². The maximum atomic E-state index is 4.31. The van der Waals surface area contributed by atoms with Crippen LogP contribution in [0.5, 0.6) is 0 Å². The molecule has 0 aromatic heterocycles. The summed E-state index contributed by atoms with van der Waals surface area (Å²) in [6, 6.07) is 9.63. The van der Waals surface area contributed by atoms with Crippen LogP contribution < -0.4 is 0 Å². The minimum absolute atomic E-state index is 0.976. The van der Waals surface area contributed by atoms with Gasteiger partial charge in [-0.1, -0.05) is 35.5 Å². The van der Waals surface area contributed by atoms with Crippen molar-refractivity contribution in [1.29, 1.82) is 0 Å². The molecule has 1 aromatic carbocycles. The van der Waals surface area contributed by atoms with E-state index in [4.69, 9.17) is 0 Å². The van der Waals surface area contributed by atoms with E-state index in [1.807, 2.05) is 30.3 Å². The summed E-state index contributed by atoms with van der Waals surface area (Å²) >= 11 is 0. The van der Waals surface area contributed by atoms with E-state index in [-0.39, 0.29) is 0 Å². The molecular formula is C8H9NO2. The molecule has 0 aliphatic carbocycles. The Morgan fingerprint density at radius 2 is 2.00 bits per heavy atom. The molecule has 0 saturated carbocycles. The van der Waals surface area contributed by atoms with Gasteiger partial charge in [0.05, 0.1) is 13.3 Å². The monoisotopic (exact) mass is 151 g/mol. The summed E-state index contributed by atoms with van der Waals surface area (Å²) in [5.74, 6) is 0. The van der Waals surface area contributed by atoms with E-state index < -0.39 is 0 Å². The third kappa shape index (κ3) is 2.82. The zero-order valence-corrected chi connectivity index (χ0v) is 6.23. The Hall–Kier alpha value is -1.35. The van der Waals surface area contributed by atoms with Crippen LogP contribution in [-0.4, -0.2) is 13.3 Å². The van der Waals surface area contributed by atoms with Gasteiger partial charge in [0.15, 0.2) is 0 Å². The molecule has 58 valence electrons. The number of hydrogen-bond donors (Lipinski definition) is 0. The van der Waals surface area contributed by atoms with Gasteiger partial charge in [0, 0.05) is 0 Å². The van der Waals surface area contributed by atoms with Gasteiger partial charge in [-0.25, -0.2) is 4.99 Å². The van der Waals surface area contributed by atoms with Gasteiger partial charge in [-0.3, -0.25) is 0 Å². The van der Waals surface area contributed by atoms with Gasteiger partial charge in [-0.15, -0.1) is 0 Å². The van der Waals surface area contributed by atoms with Crippen LogP contribution in [0.2, 0.25) is 0 Å². The summed E-state index contributed by atoms with van der Waals surface area (Å²) < 4.78 is 0. The molecule has 0 spiro atoms. The first-order chi connectivity index (χ1) is 5.43. The molecule has 0 aliphatic heterocycles. The SMILES string of the molecule is COON=Cc1ccccc1. The summed E-state index contributed by atoms with van der Waals surface area (Å²) in [5.41, 5.74) is 0.976. The highest BCUT2D eigenvalue weighted by atomic mass is 17.3. The Balaban J connectivity index is 2.50. The Morgan fingerprint density at radius 1 is 1.27 bits per heavy atom. The molecule has 0 atom stereocenters. The van der Waals surface area contributed by atoms with Gasteiger partial charge in [-0.2, -0.15) is 4.89 Å². The van der Waals surface area contributed by atoms with Crippen molar-refractivity contribution in [1.82, 2.24) is 0 Å². The zero-order valence-electron chi connectivity index (χ0n) is 6.23. The fourth-order valence-electron chi connectivity index (χ4n) is 0.665. The quantitative estimate of drug-likeness (QED) is 0.373. The lowest BCUT2D eigenvalue weighted by molar-refractivity contribution is -0.272. The zero-order chi connectivity index (χ0) is 7.94. The highest BCUT2D eigenvalue weighted by molar-refractivity contribution is 5.78. The minimum Gasteiger partial charge on any atom is -0.221 e. The summed E-state index contributed by atoms with van der Waals surface area (Å²) in [4.78, 5) is 8.57. The van der Waals surface area contributed by atoms with Gasteiger partial charge < -0.3 is 0 Å². The Labute approximate surface area is 65.2 Å². The van der Waals surface area contributed by atoms with Crippen molar-refractivity contribution in [3.63, 3.8) is 0 Å². The van der Waals surface area contributed by atoms with Crippen LogP contribution in [-0.2, 0) is 9.88 Å². The number of rotatable bonds is 3. The van der Waals surface area contributed by atoms with Crippen LogP contribution in [0.25, 0.3) is 0 Å². The molecule has 0 unspecified atom stereocenters. The topological polar surface area (TPSA) is 30.8 Å². The number of hydrogen-bond acceptors (Lipinski definition) is 3. The van der Waals surface area contributed by atoms with Gasteiger partial charge in [0.2, 0.25) is 0 Å². The van der Waals surface area contributed by atoms with Crippen molar-refractivity contribution in [2.24, 2.45) is 5.16 Å². The number of benzene rings is 1. The molecule has 0 fully saturated rings. The fraction of sp³-hybridized carbons (Fsp3) is 0.125. The van der Waals surface area contributed by atoms with E-state index in [2.05, 4.69) is 15.0 Å². The van der Waals surface area contributed by atoms with Crippen molar-refractivity contribution >= 4 is 6.21 Å². The van der Waals surface area contributed by atoms with Gasteiger partial charge >= 0.3 is 0 Å². The molecule has 0 amide bonds. The van der Waals surface area contributed by atoms with Gasteiger partial charge in [0.1, 0.15) is 0 Å². The maximum Gasteiger partial charge on any atom is 0.0856 e. The summed E-state index contributed by atoms with van der Waals surface area (Å²) in [6.07, 6.45) is 1.57. The highest BCUT2D eigenvalue weighted by Crippen LogP contribution is 1.93. The molecule has 3 nitrogen and oxygen atoms in total. The highest BCUT2D eigenvalue weighted by Gasteiger charge is 1.82. The second kappa shape index (κ2) is 4.46. The van der Waals surface area contributed by atoms with E-state index in [9.17, 15) is 0 Å². The van der Waals surface area contributed by atoms with Crippen LogP contribution in [0.3, 0.4) is 0 Å². The van der Waals surface area contributed by atoms with Crippen LogP contribution in [0.15, 0.2) is 35.5 Å². The smallest absolute Gasteiger partial charge is 0.0856 e. The first-order valence-corrected chi connectivity index (χ1v) is 3.22. The van der Waals surface area contributed by atoms with Crippen LogP contribution >= 0.6 is 0 Å². The Morgan fingerprint density at radius 3 is 2.64 bits per heavy atom. The van der Waals surface area contributed by atoms with E-state index in [0.29, 0.717) is 0 Å². The van der Waals surface area contributed by atoms with Crippen molar-refractivity contribution in [2.45, 2.75) is 0 Å². The Bertz CT molecular complexity index is 221. The predicted molar refractivity (Wildman–Crippen MR) is 42.1 cm³/mol. The van der Waals surface area contributed by atoms with E-state index >= 15 is 0 Å². The fourth-order valence-corrected chi connectivity index (χ4v) is 0.665. The lowest BCUT2D eigenvalue weighted by Gasteiger charge is -1.89. The van der Waals surface area contributed by atoms with E-state index in [1.165, 1.54) is 7.11 Å². The molecule has 11 heavy (non-hydrogen) atoms. The minimum atomic E-state index is 0.976. The van der Waals surface area contributed by atoms with Crippen molar-refractivity contribution in [3.05, 3.63) is 35.9 Å². The second-order valence-corrected chi connectivity index (χ2v) is 1.89. The van der Waals surface area contributed by atoms with E-state index in [1.54, 1.807) is 6.21 Å². The standard InChI is InChI=1S/C8H9NO2/c1-10-11-9-7-8-5-3-2-4-6-8/h2-7H,1H3. The molecular weight excluding hydrogens is 142 g/mol. The summed E-state index contributed by atoms with van der Waals surface area (Å²) in [5, 5.41) is 3.51. The average Bonchev–Trinajstić information content (AvgIpc) is 2.07. The molecule has 3 heteroatoms. The number of nitrogens with zero attached hydrogens (tertiary/aromatic N) is 1. The number of oxime groups is 1. The van der Waals surface area contributed by atoms with Crippen molar-refractivity contribution in [3.8, 4) is 0 Å². The van der Waals surface area contributed by atoms with Crippen LogP contribution in [0.1, 0.15) is 5.56 Å².